The van der Waals surface area contributed by atoms with Gasteiger partial charge in [0.2, 0.25) is 5.91 Å². The van der Waals surface area contributed by atoms with Crippen LogP contribution in [0.5, 0.6) is 0 Å². The molecule has 31 heavy (non-hydrogen) atoms. The van der Waals surface area contributed by atoms with Crippen LogP contribution in [0.15, 0.2) is 83.8 Å². The van der Waals surface area contributed by atoms with Crippen molar-refractivity contribution >= 4 is 46.4 Å². The number of hydrogen-bond acceptors (Lipinski definition) is 5. The first-order valence-corrected chi connectivity index (χ1v) is 10.2. The van der Waals surface area contributed by atoms with Crippen molar-refractivity contribution in [3.05, 3.63) is 89.0 Å². The van der Waals surface area contributed by atoms with Crippen LogP contribution in [-0.4, -0.2) is 22.1 Å². The third kappa shape index (κ3) is 6.58. The second-order valence-corrected chi connectivity index (χ2v) is 7.94. The molecule has 9 heteroatoms. The molecule has 0 fully saturated rings. The number of carbonyl (C=O) groups excluding carboxylic acids is 2. The highest BCUT2D eigenvalue weighted by Gasteiger charge is 2.15. The number of nitrogens with one attached hydrogen (secondary N) is 3. The molecular formula is C22H20N4O4S. The molecule has 3 rings (SSSR count). The number of nitro benzene ring substituents is 1. The van der Waals surface area contributed by atoms with E-state index in [9.17, 15) is 19.7 Å². The molecule has 0 aromatic heterocycles. The van der Waals surface area contributed by atoms with Crippen LogP contribution in [0.4, 0.5) is 27.5 Å². The van der Waals surface area contributed by atoms with Crippen molar-refractivity contribution in [1.29, 1.82) is 0 Å². The number of anilines is 3. The molecule has 0 aliphatic heterocycles. The Bertz CT molecular complexity index is 1060. The Morgan fingerprint density at radius 3 is 1.90 bits per heavy atom. The van der Waals surface area contributed by atoms with Crippen molar-refractivity contribution in [2.24, 2.45) is 0 Å². The van der Waals surface area contributed by atoms with Gasteiger partial charge in [0.15, 0.2) is 0 Å². The van der Waals surface area contributed by atoms with Crippen molar-refractivity contribution < 1.29 is 14.5 Å². The summed E-state index contributed by atoms with van der Waals surface area (Å²) in [6.07, 6.45) is 0. The molecule has 0 bridgehead atoms. The SMILES string of the molecule is CC(Sc1ccc(NC(=O)Nc2ccccc2)cc1)C(=O)Nc1ccc([N+](=O)[O-])cc1. The van der Waals surface area contributed by atoms with Crippen LogP contribution < -0.4 is 16.0 Å². The maximum Gasteiger partial charge on any atom is 0.323 e. The second kappa shape index (κ2) is 10.3. The molecule has 0 saturated carbocycles. The van der Waals surface area contributed by atoms with Gasteiger partial charge in [-0.2, -0.15) is 0 Å². The molecule has 0 spiro atoms. The molecule has 0 aliphatic carbocycles. The number of benzene rings is 3. The Balaban J connectivity index is 1.50. The zero-order chi connectivity index (χ0) is 22.2. The van der Waals surface area contributed by atoms with E-state index >= 15 is 0 Å². The molecule has 0 radical (unpaired) electrons. The number of nitro groups is 1. The van der Waals surface area contributed by atoms with Gasteiger partial charge in [0.25, 0.3) is 5.69 Å². The molecule has 0 aliphatic rings. The summed E-state index contributed by atoms with van der Waals surface area (Å²) < 4.78 is 0. The minimum absolute atomic E-state index is 0.0356. The molecule has 0 heterocycles. The van der Waals surface area contributed by atoms with E-state index in [1.165, 1.54) is 36.0 Å². The van der Waals surface area contributed by atoms with Crippen LogP contribution in [0.3, 0.4) is 0 Å². The van der Waals surface area contributed by atoms with Gasteiger partial charge in [-0.15, -0.1) is 11.8 Å². The molecule has 3 amide bonds. The summed E-state index contributed by atoms with van der Waals surface area (Å²) in [5, 5.41) is 18.5. The smallest absolute Gasteiger partial charge is 0.323 e. The van der Waals surface area contributed by atoms with Crippen molar-refractivity contribution in [2.45, 2.75) is 17.1 Å². The van der Waals surface area contributed by atoms with E-state index in [0.29, 0.717) is 17.1 Å². The van der Waals surface area contributed by atoms with Crippen molar-refractivity contribution in [1.82, 2.24) is 0 Å². The van der Waals surface area contributed by atoms with Crippen LogP contribution in [0.25, 0.3) is 0 Å². The lowest BCUT2D eigenvalue weighted by molar-refractivity contribution is -0.384. The van der Waals surface area contributed by atoms with Crippen LogP contribution in [0, 0.1) is 10.1 Å². The molecule has 158 valence electrons. The van der Waals surface area contributed by atoms with Crippen LogP contribution in [0.1, 0.15) is 6.92 Å². The van der Waals surface area contributed by atoms with Gasteiger partial charge in [-0.3, -0.25) is 14.9 Å². The molecule has 1 unspecified atom stereocenters. The fourth-order valence-electron chi connectivity index (χ4n) is 2.60. The number of rotatable bonds is 7. The number of carbonyl (C=O) groups is 2. The topological polar surface area (TPSA) is 113 Å². The molecular weight excluding hydrogens is 416 g/mol. The zero-order valence-corrected chi connectivity index (χ0v) is 17.4. The maximum atomic E-state index is 12.4. The Morgan fingerprint density at radius 2 is 1.32 bits per heavy atom. The lowest BCUT2D eigenvalue weighted by Gasteiger charge is -2.13. The molecule has 0 saturated heterocycles. The summed E-state index contributed by atoms with van der Waals surface area (Å²) in [6, 6.07) is 21.6. The largest absolute Gasteiger partial charge is 0.325 e. The van der Waals surface area contributed by atoms with Crippen LogP contribution in [-0.2, 0) is 4.79 Å². The normalized spacial score (nSPS) is 11.3. The molecule has 1 atom stereocenters. The highest BCUT2D eigenvalue weighted by molar-refractivity contribution is 8.00. The van der Waals surface area contributed by atoms with Gasteiger partial charge in [-0.1, -0.05) is 18.2 Å². The van der Waals surface area contributed by atoms with Crippen molar-refractivity contribution in [2.75, 3.05) is 16.0 Å². The monoisotopic (exact) mass is 436 g/mol. The first-order chi connectivity index (χ1) is 14.9. The Hall–Kier alpha value is -3.85. The summed E-state index contributed by atoms with van der Waals surface area (Å²) in [5.74, 6) is -0.219. The summed E-state index contributed by atoms with van der Waals surface area (Å²) in [6.45, 7) is 1.77. The zero-order valence-electron chi connectivity index (χ0n) is 16.6. The standard InChI is InChI=1S/C22H20N4O4S/c1-15(21(27)23-17-7-11-19(12-8-17)26(29)30)31-20-13-9-18(10-14-20)25-22(28)24-16-5-3-2-4-6-16/h2-15H,1H3,(H,23,27)(H2,24,25,28). The van der Waals surface area contributed by atoms with E-state index in [4.69, 9.17) is 0 Å². The van der Waals surface area contributed by atoms with Gasteiger partial charge in [0.1, 0.15) is 0 Å². The van der Waals surface area contributed by atoms with Gasteiger partial charge < -0.3 is 16.0 Å². The number of hydrogen-bond donors (Lipinski definition) is 3. The highest BCUT2D eigenvalue weighted by Crippen LogP contribution is 2.26. The van der Waals surface area contributed by atoms with Gasteiger partial charge in [0, 0.05) is 34.1 Å². The Kier molecular flexibility index (Phi) is 7.23. The lowest BCUT2D eigenvalue weighted by Crippen LogP contribution is -2.22. The van der Waals surface area contributed by atoms with E-state index in [1.807, 2.05) is 30.3 Å². The van der Waals surface area contributed by atoms with Gasteiger partial charge in [-0.05, 0) is 55.5 Å². The summed E-state index contributed by atoms with van der Waals surface area (Å²) >= 11 is 1.36. The number of para-hydroxylation sites is 1. The summed E-state index contributed by atoms with van der Waals surface area (Å²) in [7, 11) is 0. The molecule has 3 aromatic carbocycles. The van der Waals surface area contributed by atoms with E-state index in [0.717, 1.165) is 4.90 Å². The minimum Gasteiger partial charge on any atom is -0.325 e. The van der Waals surface area contributed by atoms with E-state index < -0.39 is 10.2 Å². The van der Waals surface area contributed by atoms with Crippen molar-refractivity contribution in [3.8, 4) is 0 Å². The number of amides is 3. The average Bonchev–Trinajstić information content (AvgIpc) is 2.76. The Morgan fingerprint density at radius 1 is 0.806 bits per heavy atom. The molecule has 3 aromatic rings. The minimum atomic E-state index is -0.492. The highest BCUT2D eigenvalue weighted by atomic mass is 32.2. The summed E-state index contributed by atoms with van der Waals surface area (Å²) in [4.78, 5) is 35.5. The lowest BCUT2D eigenvalue weighted by atomic mass is 10.3. The summed E-state index contributed by atoms with van der Waals surface area (Å²) in [5.41, 5.74) is 1.78. The number of non-ortho nitro benzene ring substituents is 1. The molecule has 3 N–H and O–H groups in total. The third-order valence-corrected chi connectivity index (χ3v) is 5.28. The third-order valence-electron chi connectivity index (χ3n) is 4.17. The average molecular weight is 436 g/mol. The quantitative estimate of drug-likeness (QED) is 0.262. The predicted molar refractivity (Wildman–Crippen MR) is 123 cm³/mol. The van der Waals surface area contributed by atoms with Gasteiger partial charge in [0.05, 0.1) is 10.2 Å². The number of thioether (sulfide) groups is 1. The number of urea groups is 1. The van der Waals surface area contributed by atoms with Gasteiger partial charge in [-0.25, -0.2) is 4.79 Å². The first kappa shape index (κ1) is 21.8. The van der Waals surface area contributed by atoms with E-state index in [2.05, 4.69) is 16.0 Å². The van der Waals surface area contributed by atoms with Crippen molar-refractivity contribution in [3.63, 3.8) is 0 Å². The fraction of sp³-hybridized carbons (Fsp3) is 0.0909. The fourth-order valence-corrected chi connectivity index (χ4v) is 3.47. The van der Waals surface area contributed by atoms with Crippen LogP contribution >= 0.6 is 11.8 Å². The Labute approximate surface area is 183 Å². The predicted octanol–water partition coefficient (Wildman–Crippen LogP) is 5.36. The second-order valence-electron chi connectivity index (χ2n) is 6.52. The van der Waals surface area contributed by atoms with Gasteiger partial charge >= 0.3 is 6.03 Å². The van der Waals surface area contributed by atoms with E-state index in [-0.39, 0.29) is 17.6 Å². The maximum absolute atomic E-state index is 12.4. The molecule has 8 nitrogen and oxygen atoms in total. The van der Waals surface area contributed by atoms with Crippen LogP contribution in [0.2, 0.25) is 0 Å². The first-order valence-electron chi connectivity index (χ1n) is 9.36. The van der Waals surface area contributed by atoms with E-state index in [1.54, 1.807) is 31.2 Å². The number of nitrogens with zero attached hydrogens (tertiary/aromatic N) is 1.